The van der Waals surface area contributed by atoms with Crippen molar-refractivity contribution in [3.8, 4) is 0 Å². The summed E-state index contributed by atoms with van der Waals surface area (Å²) in [6, 6.07) is 0. The Morgan fingerprint density at radius 3 is 3.29 bits per heavy atom. The number of nitrogens with one attached hydrogen (secondary N) is 1. The Labute approximate surface area is 87.2 Å². The van der Waals surface area contributed by atoms with Crippen molar-refractivity contribution in [2.45, 2.75) is 25.9 Å². The summed E-state index contributed by atoms with van der Waals surface area (Å²) >= 11 is 1.47. The van der Waals surface area contributed by atoms with E-state index >= 15 is 0 Å². The van der Waals surface area contributed by atoms with Gasteiger partial charge in [0.05, 0.1) is 5.94 Å². The standard InChI is InChI=1S/C8H14N2O3S/c1-3-4-6-7(14-5-12-6)10-13-8(11)9-2/h6H,3-5H2,1-2H3,(H,9,11)/b10-7-. The zero-order valence-corrected chi connectivity index (χ0v) is 9.10. The molecule has 1 N–H and O–H groups in total. The molecule has 80 valence electrons. The number of thioether (sulfide) groups is 1. The normalized spacial score (nSPS) is 23.9. The second-order valence-electron chi connectivity index (χ2n) is 2.76. The Balaban J connectivity index is 2.44. The van der Waals surface area contributed by atoms with E-state index in [1.165, 1.54) is 18.8 Å². The van der Waals surface area contributed by atoms with Crippen LogP contribution in [0, 0.1) is 0 Å². The number of rotatable bonds is 3. The van der Waals surface area contributed by atoms with Crippen molar-refractivity contribution < 1.29 is 14.4 Å². The van der Waals surface area contributed by atoms with Crippen molar-refractivity contribution in [3.63, 3.8) is 0 Å². The maximum atomic E-state index is 10.7. The van der Waals surface area contributed by atoms with Gasteiger partial charge in [-0.2, -0.15) is 0 Å². The van der Waals surface area contributed by atoms with Gasteiger partial charge in [0, 0.05) is 7.05 Å². The van der Waals surface area contributed by atoms with Crippen LogP contribution < -0.4 is 5.32 Å². The van der Waals surface area contributed by atoms with E-state index < -0.39 is 6.09 Å². The highest BCUT2D eigenvalue weighted by molar-refractivity contribution is 8.14. The van der Waals surface area contributed by atoms with E-state index in [1.54, 1.807) is 0 Å². The topological polar surface area (TPSA) is 59.9 Å². The van der Waals surface area contributed by atoms with Crippen LogP contribution in [0.2, 0.25) is 0 Å². The monoisotopic (exact) mass is 218 g/mol. The molecule has 0 aromatic rings. The fourth-order valence-electron chi connectivity index (χ4n) is 1.03. The van der Waals surface area contributed by atoms with Gasteiger partial charge in [0.25, 0.3) is 0 Å². The van der Waals surface area contributed by atoms with Crippen molar-refractivity contribution >= 4 is 22.9 Å². The van der Waals surface area contributed by atoms with Crippen LogP contribution in [0.25, 0.3) is 0 Å². The van der Waals surface area contributed by atoms with Crippen LogP contribution in [0.1, 0.15) is 19.8 Å². The molecule has 0 aliphatic carbocycles. The van der Waals surface area contributed by atoms with Crippen LogP contribution in [0.5, 0.6) is 0 Å². The van der Waals surface area contributed by atoms with Gasteiger partial charge in [-0.25, -0.2) is 4.79 Å². The smallest absolute Gasteiger partial charge is 0.360 e. The number of hydrogen-bond acceptors (Lipinski definition) is 5. The molecule has 0 saturated carbocycles. The van der Waals surface area contributed by atoms with Gasteiger partial charge in [0.1, 0.15) is 11.1 Å². The number of carbonyl (C=O) groups excluding carboxylic acids is 1. The molecule has 0 spiro atoms. The summed E-state index contributed by atoms with van der Waals surface area (Å²) in [7, 11) is 1.49. The van der Waals surface area contributed by atoms with Crippen LogP contribution in [0.4, 0.5) is 4.79 Å². The van der Waals surface area contributed by atoms with Gasteiger partial charge >= 0.3 is 6.09 Å². The van der Waals surface area contributed by atoms with Gasteiger partial charge in [-0.3, -0.25) is 4.84 Å². The molecule has 1 fully saturated rings. The average molecular weight is 218 g/mol. The lowest BCUT2D eigenvalue weighted by Gasteiger charge is -2.06. The third kappa shape index (κ3) is 3.19. The van der Waals surface area contributed by atoms with Crippen molar-refractivity contribution in [3.05, 3.63) is 0 Å². The van der Waals surface area contributed by atoms with E-state index in [0.29, 0.717) is 5.94 Å². The molecule has 1 aliphatic heterocycles. The van der Waals surface area contributed by atoms with Gasteiger partial charge in [-0.1, -0.05) is 30.3 Å². The maximum Gasteiger partial charge on any atom is 0.433 e. The van der Waals surface area contributed by atoms with Crippen molar-refractivity contribution in [1.29, 1.82) is 0 Å². The lowest BCUT2D eigenvalue weighted by molar-refractivity contribution is 0.134. The van der Waals surface area contributed by atoms with Crippen LogP contribution in [-0.2, 0) is 9.57 Å². The number of carbonyl (C=O) groups is 1. The predicted molar refractivity (Wildman–Crippen MR) is 55.2 cm³/mol. The summed E-state index contributed by atoms with van der Waals surface area (Å²) in [6.07, 6.45) is 1.36. The molecule has 1 saturated heterocycles. The molecule has 1 rings (SSSR count). The Hall–Kier alpha value is -0.750. The minimum absolute atomic E-state index is 0.00495. The number of nitrogens with zero attached hydrogens (tertiary/aromatic N) is 1. The van der Waals surface area contributed by atoms with Crippen LogP contribution in [0.15, 0.2) is 5.16 Å². The van der Waals surface area contributed by atoms with E-state index in [2.05, 4.69) is 22.2 Å². The molecule has 0 radical (unpaired) electrons. The van der Waals surface area contributed by atoms with E-state index in [1.807, 2.05) is 0 Å². The molecule has 0 aromatic carbocycles. The lowest BCUT2D eigenvalue weighted by atomic mass is 10.2. The maximum absolute atomic E-state index is 10.7. The molecule has 0 aromatic heterocycles. The first-order valence-electron chi connectivity index (χ1n) is 4.49. The fourth-order valence-corrected chi connectivity index (χ4v) is 1.84. The first kappa shape index (κ1) is 11.3. The van der Waals surface area contributed by atoms with Crippen LogP contribution >= 0.6 is 11.8 Å². The SMILES string of the molecule is CCCC1OCS/C1=N\OC(=O)NC. The van der Waals surface area contributed by atoms with Gasteiger partial charge in [-0.05, 0) is 6.42 Å². The molecule has 1 unspecified atom stereocenters. The number of amides is 1. The lowest BCUT2D eigenvalue weighted by Crippen LogP contribution is -2.19. The largest absolute Gasteiger partial charge is 0.433 e. The summed E-state index contributed by atoms with van der Waals surface area (Å²) in [5.41, 5.74) is 0. The molecule has 1 heterocycles. The number of oxime groups is 1. The summed E-state index contributed by atoms with van der Waals surface area (Å²) < 4.78 is 5.39. The summed E-state index contributed by atoms with van der Waals surface area (Å²) in [5.74, 6) is 0.584. The molecular weight excluding hydrogens is 204 g/mol. The third-order valence-corrected chi connectivity index (χ3v) is 2.61. The van der Waals surface area contributed by atoms with Crippen molar-refractivity contribution in [2.75, 3.05) is 13.0 Å². The molecule has 1 atom stereocenters. The summed E-state index contributed by atoms with van der Waals surface area (Å²) in [6.45, 7) is 2.07. The van der Waals surface area contributed by atoms with Crippen LogP contribution in [0.3, 0.4) is 0 Å². The first-order chi connectivity index (χ1) is 6.77. The molecular formula is C8H14N2O3S. The van der Waals surface area contributed by atoms with Gasteiger partial charge in [0.15, 0.2) is 0 Å². The molecule has 5 nitrogen and oxygen atoms in total. The Kier molecular flexibility index (Phi) is 4.75. The highest BCUT2D eigenvalue weighted by Crippen LogP contribution is 2.23. The average Bonchev–Trinajstić information content (AvgIpc) is 2.62. The minimum atomic E-state index is -0.555. The van der Waals surface area contributed by atoms with Gasteiger partial charge in [0.2, 0.25) is 0 Å². The highest BCUT2D eigenvalue weighted by Gasteiger charge is 2.24. The zero-order valence-electron chi connectivity index (χ0n) is 8.28. The molecule has 14 heavy (non-hydrogen) atoms. The molecule has 6 heteroatoms. The summed E-state index contributed by atoms with van der Waals surface area (Å²) in [5, 5.41) is 6.80. The summed E-state index contributed by atoms with van der Waals surface area (Å²) in [4.78, 5) is 15.3. The Morgan fingerprint density at radius 2 is 2.64 bits per heavy atom. The zero-order chi connectivity index (χ0) is 10.4. The highest BCUT2D eigenvalue weighted by atomic mass is 32.2. The van der Waals surface area contributed by atoms with Gasteiger partial charge < -0.3 is 10.1 Å². The quantitative estimate of drug-likeness (QED) is 0.576. The van der Waals surface area contributed by atoms with Crippen molar-refractivity contribution in [1.82, 2.24) is 5.32 Å². The minimum Gasteiger partial charge on any atom is -0.360 e. The third-order valence-electron chi connectivity index (χ3n) is 1.72. The van der Waals surface area contributed by atoms with Crippen molar-refractivity contribution in [2.24, 2.45) is 5.16 Å². The molecule has 0 bridgehead atoms. The van der Waals surface area contributed by atoms with Gasteiger partial charge in [-0.15, -0.1) is 0 Å². The number of ether oxygens (including phenoxy) is 1. The molecule has 1 amide bonds. The second kappa shape index (κ2) is 5.87. The Bertz CT molecular complexity index is 233. The second-order valence-corrected chi connectivity index (χ2v) is 3.71. The van der Waals surface area contributed by atoms with E-state index in [9.17, 15) is 4.79 Å². The van der Waals surface area contributed by atoms with Crippen LogP contribution in [-0.4, -0.2) is 30.2 Å². The Morgan fingerprint density at radius 1 is 1.86 bits per heavy atom. The predicted octanol–water partition coefficient (Wildman–Crippen LogP) is 1.55. The molecule has 1 aliphatic rings. The first-order valence-corrected chi connectivity index (χ1v) is 5.47. The van der Waals surface area contributed by atoms with E-state index in [4.69, 9.17) is 4.74 Å². The van der Waals surface area contributed by atoms with E-state index in [0.717, 1.165) is 17.9 Å². The fraction of sp³-hybridized carbons (Fsp3) is 0.750. The van der Waals surface area contributed by atoms with E-state index in [-0.39, 0.29) is 6.10 Å². The number of hydrogen-bond donors (Lipinski definition) is 1.